The highest BCUT2D eigenvalue weighted by atomic mass is 32.2. The Labute approximate surface area is 173 Å². The Morgan fingerprint density at radius 3 is 2.62 bits per heavy atom. The van der Waals surface area contributed by atoms with Crippen molar-refractivity contribution in [3.05, 3.63) is 46.7 Å². The number of nitrogens with one attached hydrogen (secondary N) is 2. The summed E-state index contributed by atoms with van der Waals surface area (Å²) in [7, 11) is -2.70. The van der Waals surface area contributed by atoms with E-state index in [2.05, 4.69) is 14.8 Å². The van der Waals surface area contributed by atoms with E-state index < -0.39 is 34.2 Å². The SMILES string of the molecule is COC(=O)c1sccc1S(=O)(=O)N[C@H]1CCC[C@H](OC(=O)Nc2ccccc2)C1. The molecule has 1 saturated carbocycles. The van der Waals surface area contributed by atoms with Crippen molar-refractivity contribution < 1.29 is 27.5 Å². The molecular weight excluding hydrogens is 416 g/mol. The molecular formula is C19H22N2O6S2. The number of hydrogen-bond donors (Lipinski definition) is 2. The molecule has 0 aliphatic heterocycles. The third-order valence-corrected chi connectivity index (χ3v) is 7.12. The summed E-state index contributed by atoms with van der Waals surface area (Å²) in [5.74, 6) is -0.692. The van der Waals surface area contributed by atoms with E-state index in [0.717, 1.165) is 11.3 Å². The zero-order valence-corrected chi connectivity index (χ0v) is 17.4. The first-order valence-corrected chi connectivity index (χ1v) is 11.5. The second-order valence-corrected chi connectivity index (χ2v) is 9.21. The highest BCUT2D eigenvalue weighted by molar-refractivity contribution is 7.89. The number of rotatable bonds is 6. The molecule has 1 aliphatic carbocycles. The molecule has 2 atom stereocenters. The fourth-order valence-corrected chi connectivity index (χ4v) is 5.83. The van der Waals surface area contributed by atoms with Gasteiger partial charge in [0.25, 0.3) is 0 Å². The number of para-hydroxylation sites is 1. The summed E-state index contributed by atoms with van der Waals surface area (Å²) >= 11 is 1.01. The number of amides is 1. The van der Waals surface area contributed by atoms with Gasteiger partial charge in [0.1, 0.15) is 15.9 Å². The molecule has 1 heterocycles. The van der Waals surface area contributed by atoms with Gasteiger partial charge in [-0.25, -0.2) is 22.7 Å². The van der Waals surface area contributed by atoms with Crippen molar-refractivity contribution in [2.24, 2.45) is 0 Å². The van der Waals surface area contributed by atoms with Gasteiger partial charge < -0.3 is 9.47 Å². The molecule has 0 unspecified atom stereocenters. The average Bonchev–Trinajstić information content (AvgIpc) is 3.19. The average molecular weight is 439 g/mol. The van der Waals surface area contributed by atoms with Gasteiger partial charge in [0, 0.05) is 18.2 Å². The third kappa shape index (κ3) is 5.55. The Kier molecular flexibility index (Phi) is 6.88. The van der Waals surface area contributed by atoms with Crippen molar-refractivity contribution in [2.45, 2.75) is 42.7 Å². The van der Waals surface area contributed by atoms with Gasteiger partial charge in [0.2, 0.25) is 10.0 Å². The molecule has 0 bridgehead atoms. The van der Waals surface area contributed by atoms with E-state index in [-0.39, 0.29) is 9.77 Å². The highest BCUT2D eigenvalue weighted by Gasteiger charge is 2.31. The summed E-state index contributed by atoms with van der Waals surface area (Å²) < 4.78 is 38.2. The van der Waals surface area contributed by atoms with Crippen molar-refractivity contribution in [2.75, 3.05) is 12.4 Å². The standard InChI is InChI=1S/C19H22N2O6S2/c1-26-18(22)17-16(10-11-28-17)29(24,25)21-14-8-5-9-15(12-14)27-19(23)20-13-6-3-2-4-7-13/h2-4,6-7,10-11,14-15,21H,5,8-9,12H2,1H3,(H,20,23)/t14-,15-/m0/s1. The van der Waals surface area contributed by atoms with Crippen LogP contribution in [-0.4, -0.2) is 39.7 Å². The Bertz CT molecular complexity index is 958. The molecule has 156 valence electrons. The molecule has 29 heavy (non-hydrogen) atoms. The molecule has 2 N–H and O–H groups in total. The van der Waals surface area contributed by atoms with Gasteiger partial charge in [-0.05, 0) is 42.8 Å². The van der Waals surface area contributed by atoms with Crippen LogP contribution in [0.15, 0.2) is 46.7 Å². The molecule has 1 fully saturated rings. The lowest BCUT2D eigenvalue weighted by molar-refractivity contribution is 0.0601. The normalized spacial score (nSPS) is 19.3. The van der Waals surface area contributed by atoms with E-state index in [1.54, 1.807) is 24.3 Å². The van der Waals surface area contributed by atoms with Crippen molar-refractivity contribution in [1.29, 1.82) is 0 Å². The van der Waals surface area contributed by atoms with Gasteiger partial charge in [-0.15, -0.1) is 11.3 Å². The Morgan fingerprint density at radius 2 is 1.90 bits per heavy atom. The van der Waals surface area contributed by atoms with Crippen LogP contribution in [0.4, 0.5) is 10.5 Å². The summed E-state index contributed by atoms with van der Waals surface area (Å²) in [5, 5.41) is 4.18. The van der Waals surface area contributed by atoms with Crippen LogP contribution in [-0.2, 0) is 19.5 Å². The summed E-state index contributed by atoms with van der Waals surface area (Å²) in [5.41, 5.74) is 0.623. The van der Waals surface area contributed by atoms with Gasteiger partial charge in [-0.1, -0.05) is 18.2 Å². The van der Waals surface area contributed by atoms with Crippen LogP contribution in [0.25, 0.3) is 0 Å². The number of methoxy groups -OCH3 is 1. The number of ether oxygens (including phenoxy) is 2. The molecule has 3 rings (SSSR count). The van der Waals surface area contributed by atoms with Gasteiger partial charge in [-0.3, -0.25) is 5.32 Å². The Balaban J connectivity index is 1.60. The first-order chi connectivity index (χ1) is 13.9. The first kappa shape index (κ1) is 21.3. The van der Waals surface area contributed by atoms with Gasteiger partial charge in [0.15, 0.2) is 0 Å². The van der Waals surface area contributed by atoms with Gasteiger partial charge in [-0.2, -0.15) is 0 Å². The Morgan fingerprint density at radius 1 is 1.14 bits per heavy atom. The van der Waals surface area contributed by atoms with Crippen LogP contribution in [0, 0.1) is 0 Å². The van der Waals surface area contributed by atoms with E-state index in [4.69, 9.17) is 4.74 Å². The zero-order chi connectivity index (χ0) is 20.9. The lowest BCUT2D eigenvalue weighted by Gasteiger charge is -2.29. The molecule has 0 spiro atoms. The second kappa shape index (κ2) is 9.38. The number of carbonyl (C=O) groups is 2. The summed E-state index contributed by atoms with van der Waals surface area (Å²) in [6.07, 6.45) is 1.38. The maximum Gasteiger partial charge on any atom is 0.411 e. The van der Waals surface area contributed by atoms with Crippen molar-refractivity contribution in [1.82, 2.24) is 4.72 Å². The minimum absolute atomic E-state index is 0.0332. The van der Waals surface area contributed by atoms with Crippen molar-refractivity contribution in [3.63, 3.8) is 0 Å². The fourth-order valence-electron chi connectivity index (χ4n) is 3.21. The molecule has 8 nitrogen and oxygen atoms in total. The number of sulfonamides is 1. The van der Waals surface area contributed by atoms with Crippen LogP contribution < -0.4 is 10.0 Å². The molecule has 1 aromatic carbocycles. The van der Waals surface area contributed by atoms with Crippen molar-refractivity contribution >= 4 is 39.1 Å². The number of thiophene rings is 1. The molecule has 2 aromatic rings. The number of benzene rings is 1. The lowest BCUT2D eigenvalue weighted by Crippen LogP contribution is -2.41. The largest absolute Gasteiger partial charge is 0.465 e. The number of carbonyl (C=O) groups excluding carboxylic acids is 2. The Hall–Kier alpha value is -2.43. The van der Waals surface area contributed by atoms with E-state index in [0.29, 0.717) is 31.4 Å². The monoisotopic (exact) mass is 438 g/mol. The fraction of sp³-hybridized carbons (Fsp3) is 0.368. The predicted octanol–water partition coefficient (Wildman–Crippen LogP) is 3.37. The molecule has 10 heteroatoms. The highest BCUT2D eigenvalue weighted by Crippen LogP contribution is 2.26. The predicted molar refractivity (Wildman–Crippen MR) is 109 cm³/mol. The van der Waals surface area contributed by atoms with Crippen LogP contribution in [0.5, 0.6) is 0 Å². The van der Waals surface area contributed by atoms with Crippen LogP contribution in [0.3, 0.4) is 0 Å². The molecule has 1 aliphatic rings. The van der Waals surface area contributed by atoms with E-state index in [1.165, 1.54) is 18.6 Å². The topological polar surface area (TPSA) is 111 Å². The van der Waals surface area contributed by atoms with E-state index in [9.17, 15) is 18.0 Å². The quantitative estimate of drug-likeness (QED) is 0.669. The van der Waals surface area contributed by atoms with Gasteiger partial charge >= 0.3 is 12.1 Å². The first-order valence-electron chi connectivity index (χ1n) is 9.10. The van der Waals surface area contributed by atoms with E-state index in [1.807, 2.05) is 6.07 Å². The molecule has 0 radical (unpaired) electrons. The van der Waals surface area contributed by atoms with Crippen LogP contribution in [0.2, 0.25) is 0 Å². The minimum Gasteiger partial charge on any atom is -0.465 e. The molecule has 1 aromatic heterocycles. The smallest absolute Gasteiger partial charge is 0.411 e. The number of anilines is 1. The maximum absolute atomic E-state index is 12.7. The summed E-state index contributed by atoms with van der Waals surface area (Å²) in [4.78, 5) is 23.8. The number of esters is 1. The molecule has 0 saturated heterocycles. The minimum atomic E-state index is -3.90. The lowest BCUT2D eigenvalue weighted by atomic mass is 9.94. The van der Waals surface area contributed by atoms with Crippen LogP contribution >= 0.6 is 11.3 Å². The summed E-state index contributed by atoms with van der Waals surface area (Å²) in [6, 6.07) is 9.92. The van der Waals surface area contributed by atoms with Crippen LogP contribution in [0.1, 0.15) is 35.4 Å². The summed E-state index contributed by atoms with van der Waals surface area (Å²) in [6.45, 7) is 0. The molecule has 1 amide bonds. The zero-order valence-electron chi connectivity index (χ0n) is 15.8. The van der Waals surface area contributed by atoms with E-state index >= 15 is 0 Å². The third-order valence-electron chi connectivity index (χ3n) is 4.53. The second-order valence-electron chi connectivity index (χ2n) is 6.61. The van der Waals surface area contributed by atoms with Crippen molar-refractivity contribution in [3.8, 4) is 0 Å². The number of hydrogen-bond acceptors (Lipinski definition) is 7. The maximum atomic E-state index is 12.7. The van der Waals surface area contributed by atoms with Gasteiger partial charge in [0.05, 0.1) is 7.11 Å².